The minimum absolute atomic E-state index is 0.0326. The van der Waals surface area contributed by atoms with Crippen LogP contribution in [0, 0.1) is 27.4 Å². The average Bonchev–Trinajstić information content (AvgIpc) is 2.90. The zero-order valence-corrected chi connectivity index (χ0v) is 14.1. The van der Waals surface area contributed by atoms with Gasteiger partial charge in [-0.1, -0.05) is 43.2 Å². The number of nitro groups is 1. The van der Waals surface area contributed by atoms with Crippen LogP contribution < -0.4 is 5.73 Å². The summed E-state index contributed by atoms with van der Waals surface area (Å²) in [6.45, 7) is 1.82. The van der Waals surface area contributed by atoms with Gasteiger partial charge in [-0.2, -0.15) is 0 Å². The van der Waals surface area contributed by atoms with Gasteiger partial charge in [0.15, 0.2) is 0 Å². The van der Waals surface area contributed by atoms with E-state index < -0.39 is 11.4 Å². The number of aliphatic carboxylic acids is 1. The molecule has 2 aliphatic rings. The van der Waals surface area contributed by atoms with Gasteiger partial charge in [-0.05, 0) is 37.2 Å². The highest BCUT2D eigenvalue weighted by Crippen LogP contribution is 2.60. The highest BCUT2D eigenvalue weighted by molar-refractivity contribution is 5.68. The van der Waals surface area contributed by atoms with Crippen LogP contribution in [-0.4, -0.2) is 22.5 Å². The van der Waals surface area contributed by atoms with Crippen LogP contribution in [0.5, 0.6) is 0 Å². The molecule has 0 radical (unpaired) electrons. The molecule has 2 aliphatic carbocycles. The van der Waals surface area contributed by atoms with Crippen molar-refractivity contribution < 1.29 is 14.8 Å². The topological polar surface area (TPSA) is 106 Å². The van der Waals surface area contributed by atoms with Gasteiger partial charge in [0.25, 0.3) is 0 Å². The van der Waals surface area contributed by atoms with E-state index in [0.717, 1.165) is 25.7 Å². The quantitative estimate of drug-likeness (QED) is 0.635. The molecule has 6 nitrogen and oxygen atoms in total. The van der Waals surface area contributed by atoms with Crippen LogP contribution >= 0.6 is 0 Å². The molecule has 3 N–H and O–H groups in total. The van der Waals surface area contributed by atoms with Crippen molar-refractivity contribution in [2.24, 2.45) is 23.0 Å². The van der Waals surface area contributed by atoms with Crippen LogP contribution in [0.3, 0.4) is 0 Å². The van der Waals surface area contributed by atoms with Crippen molar-refractivity contribution >= 4 is 5.97 Å². The standard InChI is InChI=1S/C10H15NO4.C8H11N/c12-9(13)5-10(6-11(14)15)4-7-2-1-3-8(7)10;1-7(9)8-5-3-2-4-6-8/h7-8H,1-6H2,(H,12,13);2-7H,9H2,1H3/t7-,8-,10-;7-/m10/s1. The molecule has 0 saturated heterocycles. The van der Waals surface area contributed by atoms with Crippen molar-refractivity contribution in [3.8, 4) is 0 Å². The van der Waals surface area contributed by atoms with Crippen molar-refractivity contribution in [3.05, 3.63) is 46.0 Å². The number of carboxylic acids is 1. The highest BCUT2D eigenvalue weighted by Gasteiger charge is 2.58. The van der Waals surface area contributed by atoms with E-state index in [0.29, 0.717) is 11.8 Å². The lowest BCUT2D eigenvalue weighted by Gasteiger charge is -2.49. The van der Waals surface area contributed by atoms with E-state index in [4.69, 9.17) is 10.8 Å². The fourth-order valence-corrected chi connectivity index (χ4v) is 4.36. The molecule has 1 aromatic rings. The zero-order valence-electron chi connectivity index (χ0n) is 14.1. The first-order valence-corrected chi connectivity index (χ1v) is 8.48. The summed E-state index contributed by atoms with van der Waals surface area (Å²) in [5, 5.41) is 19.4. The number of fused-ring (bicyclic) bond motifs is 1. The first-order valence-electron chi connectivity index (χ1n) is 8.48. The van der Waals surface area contributed by atoms with Gasteiger partial charge in [0.1, 0.15) is 0 Å². The third kappa shape index (κ3) is 4.32. The first-order chi connectivity index (χ1) is 11.3. The number of benzene rings is 1. The van der Waals surface area contributed by atoms with E-state index in [-0.39, 0.29) is 23.9 Å². The molecule has 2 saturated carbocycles. The normalized spacial score (nSPS) is 28.8. The Balaban J connectivity index is 0.000000198. The molecule has 0 amide bonds. The highest BCUT2D eigenvalue weighted by atomic mass is 16.6. The molecule has 24 heavy (non-hydrogen) atoms. The van der Waals surface area contributed by atoms with Gasteiger partial charge in [-0.15, -0.1) is 0 Å². The molecule has 0 aromatic heterocycles. The third-order valence-corrected chi connectivity index (χ3v) is 5.39. The average molecular weight is 334 g/mol. The molecule has 0 bridgehead atoms. The van der Waals surface area contributed by atoms with Crippen LogP contribution in [-0.2, 0) is 4.79 Å². The first kappa shape index (κ1) is 18.4. The molecule has 0 aliphatic heterocycles. The van der Waals surface area contributed by atoms with Crippen LogP contribution in [0.25, 0.3) is 0 Å². The number of hydrogen-bond acceptors (Lipinski definition) is 4. The lowest BCUT2D eigenvalue weighted by atomic mass is 9.53. The molecule has 6 heteroatoms. The van der Waals surface area contributed by atoms with Crippen molar-refractivity contribution in [2.75, 3.05) is 6.54 Å². The van der Waals surface area contributed by atoms with Crippen LogP contribution in [0.4, 0.5) is 0 Å². The molecule has 132 valence electrons. The van der Waals surface area contributed by atoms with E-state index in [2.05, 4.69) is 0 Å². The summed E-state index contributed by atoms with van der Waals surface area (Å²) in [4.78, 5) is 21.0. The Bertz CT molecular complexity index is 558. The fraction of sp³-hybridized carbons (Fsp3) is 0.611. The summed E-state index contributed by atoms with van der Waals surface area (Å²) in [5.41, 5.74) is 6.27. The number of carboxylic acid groups (broad SMARTS) is 1. The number of nitrogens with zero attached hydrogens (tertiary/aromatic N) is 1. The van der Waals surface area contributed by atoms with Gasteiger partial charge in [0.2, 0.25) is 6.54 Å². The second-order valence-electron chi connectivity index (χ2n) is 7.12. The molecular formula is C18H26N2O4. The van der Waals surface area contributed by atoms with Crippen molar-refractivity contribution in [2.45, 2.75) is 45.1 Å². The molecule has 3 rings (SSSR count). The minimum atomic E-state index is -0.901. The van der Waals surface area contributed by atoms with E-state index in [1.54, 1.807) is 0 Å². The van der Waals surface area contributed by atoms with Crippen LogP contribution in [0.15, 0.2) is 30.3 Å². The number of carbonyl (C=O) groups is 1. The summed E-state index contributed by atoms with van der Waals surface area (Å²) in [6.07, 6.45) is 3.92. The van der Waals surface area contributed by atoms with Gasteiger partial charge >= 0.3 is 5.97 Å². The second-order valence-corrected chi connectivity index (χ2v) is 7.12. The van der Waals surface area contributed by atoms with Gasteiger partial charge < -0.3 is 10.8 Å². The van der Waals surface area contributed by atoms with Gasteiger partial charge in [0.05, 0.1) is 6.42 Å². The summed E-state index contributed by atoms with van der Waals surface area (Å²) >= 11 is 0. The van der Waals surface area contributed by atoms with Crippen molar-refractivity contribution in [1.29, 1.82) is 0 Å². The summed E-state index contributed by atoms with van der Waals surface area (Å²) in [7, 11) is 0. The van der Waals surface area contributed by atoms with Crippen molar-refractivity contribution in [1.82, 2.24) is 0 Å². The largest absolute Gasteiger partial charge is 0.481 e. The number of nitrogens with two attached hydrogens (primary N) is 1. The van der Waals surface area contributed by atoms with Crippen molar-refractivity contribution in [3.63, 3.8) is 0 Å². The molecule has 0 spiro atoms. The Morgan fingerprint density at radius 3 is 2.54 bits per heavy atom. The summed E-state index contributed by atoms with van der Waals surface area (Å²) in [5.74, 6) is -0.0505. The second kappa shape index (κ2) is 7.75. The zero-order chi connectivity index (χ0) is 17.7. The van der Waals surface area contributed by atoms with Gasteiger partial charge in [-0.3, -0.25) is 14.9 Å². The van der Waals surface area contributed by atoms with E-state index >= 15 is 0 Å². The van der Waals surface area contributed by atoms with Crippen LogP contribution in [0.1, 0.15) is 50.6 Å². The summed E-state index contributed by atoms with van der Waals surface area (Å²) < 4.78 is 0. The Kier molecular flexibility index (Phi) is 5.94. The number of hydrogen-bond donors (Lipinski definition) is 2. The maximum atomic E-state index is 10.8. The monoisotopic (exact) mass is 334 g/mol. The molecule has 0 unspecified atom stereocenters. The van der Waals surface area contributed by atoms with Gasteiger partial charge in [0, 0.05) is 16.4 Å². The maximum absolute atomic E-state index is 10.8. The fourth-order valence-electron chi connectivity index (χ4n) is 4.36. The lowest BCUT2D eigenvalue weighted by molar-refractivity contribution is -0.506. The number of rotatable bonds is 5. The van der Waals surface area contributed by atoms with Crippen LogP contribution in [0.2, 0.25) is 0 Å². The molecule has 1 aromatic carbocycles. The smallest absolute Gasteiger partial charge is 0.304 e. The molecule has 0 heterocycles. The SMILES string of the molecule is C[C@H](N)c1ccccc1.O=C(O)C[C@@]1(C[N+](=O)[O-])C[C@H]2CCC[C@H]21. The van der Waals surface area contributed by atoms with Gasteiger partial charge in [-0.25, -0.2) is 0 Å². The van der Waals surface area contributed by atoms with E-state index in [9.17, 15) is 14.9 Å². The Hall–Kier alpha value is -1.95. The Morgan fingerprint density at radius 2 is 2.08 bits per heavy atom. The predicted molar refractivity (Wildman–Crippen MR) is 91.0 cm³/mol. The Labute approximate surface area is 142 Å². The Morgan fingerprint density at radius 1 is 1.42 bits per heavy atom. The molecule has 4 atom stereocenters. The maximum Gasteiger partial charge on any atom is 0.304 e. The van der Waals surface area contributed by atoms with E-state index in [1.165, 1.54) is 5.56 Å². The van der Waals surface area contributed by atoms with E-state index in [1.807, 2.05) is 37.3 Å². The minimum Gasteiger partial charge on any atom is -0.481 e. The molecule has 2 fully saturated rings. The predicted octanol–water partition coefficient (Wildman–Crippen LogP) is 3.25. The lowest BCUT2D eigenvalue weighted by Crippen LogP contribution is -2.50. The summed E-state index contributed by atoms with van der Waals surface area (Å²) in [6, 6.07) is 10.2. The molecular weight excluding hydrogens is 308 g/mol. The third-order valence-electron chi connectivity index (χ3n) is 5.39.